The summed E-state index contributed by atoms with van der Waals surface area (Å²) in [4.78, 5) is 2.39. The minimum atomic E-state index is 1.10. The lowest BCUT2D eigenvalue weighted by Gasteiger charge is -2.28. The largest absolute Gasteiger partial charge is 0.310 e. The van der Waals surface area contributed by atoms with Crippen molar-refractivity contribution in [3.05, 3.63) is 212 Å². The topological polar surface area (TPSA) is 13.1 Å². The standard InChI is InChI=1S/C52H35N3/c1-3-15-38(16-4-1)53(50-33-34-51(44-20-8-7-19-43(44)50)55-48-25-13-10-21-41(48)42-22-11-14-26-49(42)55)40-30-27-36(28-31-40)37-29-32-46-45-23-9-12-24-47(45)54(52(46)35-37)39-17-5-2-6-18-39/h1-35H. The Morgan fingerprint density at radius 1 is 0.291 bits per heavy atom. The van der Waals surface area contributed by atoms with E-state index in [-0.39, 0.29) is 0 Å². The van der Waals surface area contributed by atoms with Gasteiger partial charge in [-0.2, -0.15) is 0 Å². The monoisotopic (exact) mass is 701 g/mol. The molecule has 11 rings (SSSR count). The van der Waals surface area contributed by atoms with Gasteiger partial charge in [0.25, 0.3) is 0 Å². The molecular weight excluding hydrogens is 667 g/mol. The van der Waals surface area contributed by atoms with Crippen LogP contribution in [0.2, 0.25) is 0 Å². The number of para-hydroxylation sites is 5. The van der Waals surface area contributed by atoms with E-state index in [4.69, 9.17) is 0 Å². The van der Waals surface area contributed by atoms with Crippen molar-refractivity contribution in [1.82, 2.24) is 9.13 Å². The Labute approximate surface area is 319 Å². The number of hydrogen-bond acceptors (Lipinski definition) is 1. The fourth-order valence-corrected chi connectivity index (χ4v) is 8.65. The average Bonchev–Trinajstić information content (AvgIpc) is 3.77. The Bertz CT molecular complexity index is 3140. The van der Waals surface area contributed by atoms with E-state index in [1.807, 2.05) is 0 Å². The normalized spacial score (nSPS) is 11.6. The molecule has 3 heteroatoms. The maximum atomic E-state index is 2.42. The molecule has 0 amide bonds. The van der Waals surface area contributed by atoms with Crippen LogP contribution >= 0.6 is 0 Å². The summed E-state index contributed by atoms with van der Waals surface area (Å²) in [6.45, 7) is 0. The van der Waals surface area contributed by atoms with E-state index in [0.29, 0.717) is 0 Å². The van der Waals surface area contributed by atoms with E-state index in [9.17, 15) is 0 Å². The molecule has 0 atom stereocenters. The highest BCUT2D eigenvalue weighted by molar-refractivity contribution is 6.12. The molecule has 0 bridgehead atoms. The highest BCUT2D eigenvalue weighted by Gasteiger charge is 2.20. The Balaban J connectivity index is 1.05. The minimum Gasteiger partial charge on any atom is -0.310 e. The summed E-state index contributed by atoms with van der Waals surface area (Å²) in [5, 5.41) is 7.43. The molecule has 3 nitrogen and oxygen atoms in total. The number of nitrogens with zero attached hydrogens (tertiary/aromatic N) is 3. The highest BCUT2D eigenvalue weighted by atomic mass is 15.1. The van der Waals surface area contributed by atoms with E-state index in [1.54, 1.807) is 0 Å². The van der Waals surface area contributed by atoms with E-state index in [0.717, 1.165) is 22.7 Å². The van der Waals surface area contributed by atoms with E-state index in [2.05, 4.69) is 226 Å². The molecule has 0 aliphatic heterocycles. The smallest absolute Gasteiger partial charge is 0.0547 e. The zero-order valence-corrected chi connectivity index (χ0v) is 30.0. The second-order valence-corrected chi connectivity index (χ2v) is 14.2. The van der Waals surface area contributed by atoms with Crippen LogP contribution in [0.15, 0.2) is 212 Å². The third kappa shape index (κ3) is 4.98. The fourth-order valence-electron chi connectivity index (χ4n) is 8.65. The van der Waals surface area contributed by atoms with Gasteiger partial charge in [0.15, 0.2) is 0 Å². The van der Waals surface area contributed by atoms with Crippen LogP contribution in [0, 0.1) is 0 Å². The van der Waals surface area contributed by atoms with Crippen LogP contribution in [0.5, 0.6) is 0 Å². The summed E-state index contributed by atoms with van der Waals surface area (Å²) in [5.74, 6) is 0. The molecule has 0 radical (unpaired) electrons. The van der Waals surface area contributed by atoms with Crippen molar-refractivity contribution >= 4 is 71.4 Å². The Kier molecular flexibility index (Phi) is 7.17. The second kappa shape index (κ2) is 12.6. The summed E-state index contributed by atoms with van der Waals surface area (Å²) >= 11 is 0. The van der Waals surface area contributed by atoms with Gasteiger partial charge in [-0.3, -0.25) is 0 Å². The fraction of sp³-hybridized carbons (Fsp3) is 0. The molecule has 2 heterocycles. The summed E-state index contributed by atoms with van der Waals surface area (Å²) in [6.07, 6.45) is 0. The van der Waals surface area contributed by atoms with Crippen LogP contribution in [0.4, 0.5) is 17.1 Å². The lowest BCUT2D eigenvalue weighted by Crippen LogP contribution is -2.11. The molecule has 0 aliphatic carbocycles. The number of aromatic nitrogens is 2. The highest BCUT2D eigenvalue weighted by Crippen LogP contribution is 2.43. The number of fused-ring (bicyclic) bond motifs is 7. The van der Waals surface area contributed by atoms with Gasteiger partial charge >= 0.3 is 0 Å². The van der Waals surface area contributed by atoms with E-state index in [1.165, 1.54) is 71.2 Å². The van der Waals surface area contributed by atoms with Crippen LogP contribution in [0.25, 0.3) is 76.9 Å². The predicted octanol–water partition coefficient (Wildman–Crippen LogP) is 14.2. The molecule has 0 aliphatic rings. The van der Waals surface area contributed by atoms with Gasteiger partial charge in [0, 0.05) is 49.4 Å². The van der Waals surface area contributed by atoms with E-state index < -0.39 is 0 Å². The Morgan fingerprint density at radius 2 is 0.764 bits per heavy atom. The molecular formula is C52H35N3. The summed E-state index contributed by atoms with van der Waals surface area (Å²) in [7, 11) is 0. The van der Waals surface area contributed by atoms with Gasteiger partial charge in [0.1, 0.15) is 0 Å². The second-order valence-electron chi connectivity index (χ2n) is 14.2. The molecule has 0 N–H and O–H groups in total. The van der Waals surface area contributed by atoms with Crippen LogP contribution in [0.1, 0.15) is 0 Å². The summed E-state index contributed by atoms with van der Waals surface area (Å²) in [5.41, 5.74) is 12.9. The third-order valence-corrected chi connectivity index (χ3v) is 11.1. The molecule has 0 unspecified atom stereocenters. The molecule has 0 spiro atoms. The zero-order chi connectivity index (χ0) is 36.3. The molecule has 258 valence electrons. The quantitative estimate of drug-likeness (QED) is 0.168. The van der Waals surface area contributed by atoms with Crippen molar-refractivity contribution in [3.63, 3.8) is 0 Å². The van der Waals surface area contributed by atoms with Crippen LogP contribution in [-0.4, -0.2) is 9.13 Å². The van der Waals surface area contributed by atoms with Crippen LogP contribution in [0.3, 0.4) is 0 Å². The number of benzene rings is 9. The lowest BCUT2D eigenvalue weighted by atomic mass is 10.0. The molecule has 0 fully saturated rings. The molecule has 55 heavy (non-hydrogen) atoms. The molecule has 11 aromatic rings. The van der Waals surface area contributed by atoms with Crippen molar-refractivity contribution in [1.29, 1.82) is 0 Å². The van der Waals surface area contributed by atoms with Crippen molar-refractivity contribution in [2.45, 2.75) is 0 Å². The van der Waals surface area contributed by atoms with Crippen molar-refractivity contribution in [2.24, 2.45) is 0 Å². The van der Waals surface area contributed by atoms with Gasteiger partial charge in [-0.05, 0) is 83.9 Å². The minimum absolute atomic E-state index is 1.10. The third-order valence-electron chi connectivity index (χ3n) is 11.1. The summed E-state index contributed by atoms with van der Waals surface area (Å²) in [6, 6.07) is 76.8. The van der Waals surface area contributed by atoms with Crippen LogP contribution < -0.4 is 4.90 Å². The van der Waals surface area contributed by atoms with Gasteiger partial charge in [-0.25, -0.2) is 0 Å². The average molecular weight is 702 g/mol. The summed E-state index contributed by atoms with van der Waals surface area (Å²) < 4.78 is 4.81. The van der Waals surface area contributed by atoms with Crippen LogP contribution in [-0.2, 0) is 0 Å². The SMILES string of the molecule is c1ccc(N(c2ccc(-c3ccc4c5ccccc5n(-c5ccccc5)c4c3)cc2)c2ccc(-n3c4ccccc4c4ccccc43)c3ccccc23)cc1. The van der Waals surface area contributed by atoms with Crippen molar-refractivity contribution < 1.29 is 0 Å². The molecule has 0 saturated heterocycles. The number of anilines is 3. The maximum absolute atomic E-state index is 2.42. The molecule has 2 aromatic heterocycles. The Morgan fingerprint density at radius 3 is 1.40 bits per heavy atom. The maximum Gasteiger partial charge on any atom is 0.0547 e. The molecule has 9 aromatic carbocycles. The first-order valence-corrected chi connectivity index (χ1v) is 18.9. The van der Waals surface area contributed by atoms with Crippen molar-refractivity contribution in [2.75, 3.05) is 4.90 Å². The van der Waals surface area contributed by atoms with Gasteiger partial charge in [-0.1, -0.05) is 140 Å². The number of rotatable bonds is 6. The van der Waals surface area contributed by atoms with Gasteiger partial charge in [0.2, 0.25) is 0 Å². The lowest BCUT2D eigenvalue weighted by molar-refractivity contribution is 1.18. The van der Waals surface area contributed by atoms with Crippen molar-refractivity contribution in [3.8, 4) is 22.5 Å². The van der Waals surface area contributed by atoms with Gasteiger partial charge < -0.3 is 14.0 Å². The first-order chi connectivity index (χ1) is 27.3. The Hall–Kier alpha value is -7.36. The number of hydrogen-bond donors (Lipinski definition) is 0. The first kappa shape index (κ1) is 31.2. The first-order valence-electron chi connectivity index (χ1n) is 18.9. The predicted molar refractivity (Wildman–Crippen MR) is 233 cm³/mol. The van der Waals surface area contributed by atoms with E-state index >= 15 is 0 Å². The molecule has 0 saturated carbocycles. The zero-order valence-electron chi connectivity index (χ0n) is 30.0. The van der Waals surface area contributed by atoms with Gasteiger partial charge in [0.05, 0.1) is 33.4 Å². The van der Waals surface area contributed by atoms with Gasteiger partial charge in [-0.15, -0.1) is 0 Å².